The lowest BCUT2D eigenvalue weighted by molar-refractivity contribution is -0.127. The van der Waals surface area contributed by atoms with Gasteiger partial charge < -0.3 is 10.1 Å². The summed E-state index contributed by atoms with van der Waals surface area (Å²) in [7, 11) is 1.66. The van der Waals surface area contributed by atoms with Crippen LogP contribution in [-0.4, -0.2) is 19.1 Å². The molecule has 0 saturated carbocycles. The van der Waals surface area contributed by atoms with E-state index in [1.165, 1.54) is 5.56 Å². The van der Waals surface area contributed by atoms with E-state index in [9.17, 15) is 4.79 Å². The molecule has 2 bridgehead atoms. The molecule has 1 aliphatic carbocycles. The van der Waals surface area contributed by atoms with E-state index in [4.69, 9.17) is 4.74 Å². The van der Waals surface area contributed by atoms with Gasteiger partial charge in [-0.15, -0.1) is 0 Å². The lowest BCUT2D eigenvalue weighted by atomic mass is 9.74. The Kier molecular flexibility index (Phi) is 3.35. The number of ether oxygens (including phenoxy) is 1. The first-order valence-corrected chi connectivity index (χ1v) is 6.97. The third-order valence-electron chi connectivity index (χ3n) is 4.29. The highest BCUT2D eigenvalue weighted by atomic mass is 16.5. The zero-order valence-corrected chi connectivity index (χ0v) is 11.6. The first-order chi connectivity index (χ1) is 9.67. The van der Waals surface area contributed by atoms with Crippen molar-refractivity contribution in [3.8, 4) is 5.75 Å². The third-order valence-corrected chi connectivity index (χ3v) is 4.29. The van der Waals surface area contributed by atoms with Gasteiger partial charge in [-0.3, -0.25) is 4.79 Å². The molecule has 3 nitrogen and oxygen atoms in total. The Morgan fingerprint density at radius 2 is 2.10 bits per heavy atom. The van der Waals surface area contributed by atoms with Crippen LogP contribution in [0.4, 0.5) is 0 Å². The molecular formula is C17H19NO2. The molecule has 1 aromatic carbocycles. The zero-order valence-electron chi connectivity index (χ0n) is 11.6. The minimum atomic E-state index is 0.0256. The predicted octanol–water partition coefficient (Wildman–Crippen LogP) is 2.48. The molecule has 0 radical (unpaired) electrons. The maximum Gasteiger partial charge on any atom is 0.227 e. The van der Waals surface area contributed by atoms with Gasteiger partial charge in [0.15, 0.2) is 0 Å². The Labute approximate surface area is 119 Å². The maximum absolute atomic E-state index is 12.0. The molecule has 1 amide bonds. The molecule has 3 unspecified atom stereocenters. The van der Waals surface area contributed by atoms with Gasteiger partial charge in [0.2, 0.25) is 5.91 Å². The normalized spacial score (nSPS) is 28.1. The van der Waals surface area contributed by atoms with Crippen molar-refractivity contribution in [2.45, 2.75) is 18.9 Å². The van der Waals surface area contributed by atoms with Crippen LogP contribution < -0.4 is 10.1 Å². The SMILES string of the molecule is C=C1C=CC2CC1C(Cc1ccc(OC)cc1)NC2=O. The molecule has 1 N–H and O–H groups in total. The number of amides is 1. The lowest BCUT2D eigenvalue weighted by Crippen LogP contribution is -2.51. The summed E-state index contributed by atoms with van der Waals surface area (Å²) in [4.78, 5) is 12.0. The second kappa shape index (κ2) is 5.16. The van der Waals surface area contributed by atoms with Gasteiger partial charge >= 0.3 is 0 Å². The van der Waals surface area contributed by atoms with Gasteiger partial charge in [-0.05, 0) is 30.5 Å². The Morgan fingerprint density at radius 3 is 2.80 bits per heavy atom. The number of methoxy groups -OCH3 is 1. The number of nitrogens with one attached hydrogen (secondary N) is 1. The van der Waals surface area contributed by atoms with E-state index in [0.717, 1.165) is 24.2 Å². The fourth-order valence-electron chi connectivity index (χ4n) is 3.08. The van der Waals surface area contributed by atoms with E-state index >= 15 is 0 Å². The van der Waals surface area contributed by atoms with Crippen molar-refractivity contribution in [2.75, 3.05) is 7.11 Å². The van der Waals surface area contributed by atoms with Gasteiger partial charge in [0.05, 0.1) is 13.0 Å². The summed E-state index contributed by atoms with van der Waals surface area (Å²) in [6, 6.07) is 8.16. The quantitative estimate of drug-likeness (QED) is 0.915. The molecule has 2 aliphatic rings. The second-order valence-electron chi connectivity index (χ2n) is 5.55. The highest BCUT2D eigenvalue weighted by Crippen LogP contribution is 2.34. The highest BCUT2D eigenvalue weighted by molar-refractivity contribution is 5.82. The topological polar surface area (TPSA) is 38.3 Å². The summed E-state index contributed by atoms with van der Waals surface area (Å²) in [6.07, 6.45) is 5.71. The molecule has 1 saturated heterocycles. The maximum atomic E-state index is 12.0. The van der Waals surface area contributed by atoms with Crippen LogP contribution in [0.25, 0.3) is 0 Å². The Morgan fingerprint density at radius 1 is 1.35 bits per heavy atom. The van der Waals surface area contributed by atoms with Gasteiger partial charge in [-0.2, -0.15) is 0 Å². The summed E-state index contributed by atoms with van der Waals surface area (Å²) in [5.41, 5.74) is 2.33. The molecule has 1 aromatic rings. The molecule has 3 atom stereocenters. The van der Waals surface area contributed by atoms with Gasteiger partial charge in [-0.1, -0.05) is 36.4 Å². The number of benzene rings is 1. The van der Waals surface area contributed by atoms with E-state index in [-0.39, 0.29) is 17.9 Å². The average molecular weight is 269 g/mol. The van der Waals surface area contributed by atoms with Crippen LogP contribution in [-0.2, 0) is 11.2 Å². The minimum Gasteiger partial charge on any atom is -0.497 e. The fraction of sp³-hybridized carbons (Fsp3) is 0.353. The van der Waals surface area contributed by atoms with E-state index in [0.29, 0.717) is 5.92 Å². The number of allylic oxidation sites excluding steroid dienone is 1. The fourth-order valence-corrected chi connectivity index (χ4v) is 3.08. The monoisotopic (exact) mass is 269 g/mol. The molecule has 1 aliphatic heterocycles. The van der Waals surface area contributed by atoms with Gasteiger partial charge in [0, 0.05) is 12.0 Å². The van der Waals surface area contributed by atoms with Crippen molar-refractivity contribution in [1.82, 2.24) is 5.32 Å². The van der Waals surface area contributed by atoms with E-state index < -0.39 is 0 Å². The standard InChI is InChI=1S/C17H19NO2/c1-11-3-6-13-10-15(11)16(18-17(13)19)9-12-4-7-14(20-2)8-5-12/h3-8,13,15-16H,1,9-10H2,2H3,(H,18,19). The molecule has 20 heavy (non-hydrogen) atoms. The molecule has 1 heterocycles. The van der Waals surface area contributed by atoms with E-state index in [2.05, 4.69) is 24.0 Å². The molecular weight excluding hydrogens is 250 g/mol. The van der Waals surface area contributed by atoms with Crippen molar-refractivity contribution < 1.29 is 9.53 Å². The van der Waals surface area contributed by atoms with Gasteiger partial charge in [0.1, 0.15) is 5.75 Å². The van der Waals surface area contributed by atoms with Crippen LogP contribution >= 0.6 is 0 Å². The number of hydrogen-bond donors (Lipinski definition) is 1. The summed E-state index contributed by atoms with van der Waals surface area (Å²) >= 11 is 0. The van der Waals surface area contributed by atoms with Crippen LogP contribution in [0.5, 0.6) is 5.75 Å². The first kappa shape index (κ1) is 13.0. The number of carbonyl (C=O) groups is 1. The Balaban J connectivity index is 1.77. The first-order valence-electron chi connectivity index (χ1n) is 6.97. The van der Waals surface area contributed by atoms with Crippen molar-refractivity contribution >= 4 is 5.91 Å². The molecule has 0 aromatic heterocycles. The van der Waals surface area contributed by atoms with Crippen molar-refractivity contribution in [1.29, 1.82) is 0 Å². The number of carbonyl (C=O) groups excluding carboxylic acids is 1. The van der Waals surface area contributed by atoms with E-state index in [1.54, 1.807) is 7.11 Å². The van der Waals surface area contributed by atoms with Gasteiger partial charge in [-0.25, -0.2) is 0 Å². The van der Waals surface area contributed by atoms with Crippen LogP contribution in [0.3, 0.4) is 0 Å². The van der Waals surface area contributed by atoms with Crippen LogP contribution in [0.2, 0.25) is 0 Å². The van der Waals surface area contributed by atoms with Crippen LogP contribution in [0.1, 0.15) is 12.0 Å². The van der Waals surface area contributed by atoms with E-state index in [1.807, 2.05) is 24.3 Å². The smallest absolute Gasteiger partial charge is 0.227 e. The number of fused-ring (bicyclic) bond motifs is 2. The zero-order chi connectivity index (χ0) is 14.1. The summed E-state index contributed by atoms with van der Waals surface area (Å²) < 4.78 is 5.17. The molecule has 3 heteroatoms. The number of hydrogen-bond acceptors (Lipinski definition) is 2. The lowest BCUT2D eigenvalue weighted by Gasteiger charge is -2.38. The molecule has 0 spiro atoms. The molecule has 3 rings (SSSR count). The minimum absolute atomic E-state index is 0.0256. The molecule has 1 fully saturated rings. The van der Waals surface area contributed by atoms with Crippen LogP contribution in [0.15, 0.2) is 48.6 Å². The van der Waals surface area contributed by atoms with Gasteiger partial charge in [0.25, 0.3) is 0 Å². The Hall–Kier alpha value is -2.03. The number of rotatable bonds is 3. The second-order valence-corrected chi connectivity index (χ2v) is 5.55. The largest absolute Gasteiger partial charge is 0.497 e. The highest BCUT2D eigenvalue weighted by Gasteiger charge is 2.37. The average Bonchev–Trinajstić information content (AvgIpc) is 2.47. The third kappa shape index (κ3) is 2.36. The van der Waals surface area contributed by atoms with Crippen molar-refractivity contribution in [3.63, 3.8) is 0 Å². The predicted molar refractivity (Wildman–Crippen MR) is 78.5 cm³/mol. The molecule has 104 valence electrons. The van der Waals surface area contributed by atoms with Crippen LogP contribution in [0, 0.1) is 11.8 Å². The van der Waals surface area contributed by atoms with Crippen molar-refractivity contribution in [2.24, 2.45) is 11.8 Å². The van der Waals surface area contributed by atoms with Crippen molar-refractivity contribution in [3.05, 3.63) is 54.1 Å². The summed E-state index contributed by atoms with van der Waals surface area (Å²) in [5, 5.41) is 3.14. The number of piperidine rings is 1. The Bertz CT molecular complexity index is 559. The summed E-state index contributed by atoms with van der Waals surface area (Å²) in [6.45, 7) is 4.12. The summed E-state index contributed by atoms with van der Waals surface area (Å²) in [5.74, 6) is 1.37.